The van der Waals surface area contributed by atoms with Crippen LogP contribution in [0.5, 0.6) is 0 Å². The Morgan fingerprint density at radius 2 is 1.96 bits per heavy atom. The van der Waals surface area contributed by atoms with Gasteiger partial charge in [0.15, 0.2) is 0 Å². The highest BCUT2D eigenvalue weighted by atomic mass is 35.5. The van der Waals surface area contributed by atoms with E-state index >= 15 is 0 Å². The molecule has 2 heterocycles. The molecule has 8 heteroatoms. The van der Waals surface area contributed by atoms with Crippen molar-refractivity contribution in [2.75, 3.05) is 11.9 Å². The van der Waals surface area contributed by atoms with Crippen LogP contribution in [0, 0.1) is 11.3 Å². The maximum Gasteiger partial charge on any atom is 0.322 e. The molecule has 1 aromatic heterocycles. The molecule has 7 nitrogen and oxygen atoms in total. The Kier molecular flexibility index (Phi) is 4.96. The van der Waals surface area contributed by atoms with Crippen LogP contribution < -0.4 is 5.32 Å². The average Bonchev–Trinajstić information content (AvgIpc) is 3.38. The summed E-state index contributed by atoms with van der Waals surface area (Å²) < 4.78 is 5.44. The normalized spacial score (nSPS) is 16.0. The molecule has 1 fully saturated rings. The lowest BCUT2D eigenvalue weighted by atomic mass is 10.2. The lowest BCUT2D eigenvalue weighted by Gasteiger charge is -2.22. The number of hydrogen-bond acceptors (Lipinski definition) is 5. The third kappa shape index (κ3) is 3.68. The molecule has 1 aliphatic rings. The molecule has 0 saturated carbocycles. The number of nitrogens with zero attached hydrogens (tertiary/aromatic N) is 4. The van der Waals surface area contributed by atoms with Crippen LogP contribution in [0.2, 0.25) is 5.02 Å². The van der Waals surface area contributed by atoms with Crippen molar-refractivity contribution in [2.24, 2.45) is 0 Å². The summed E-state index contributed by atoms with van der Waals surface area (Å²) in [5.74, 6) is 0.878. The highest BCUT2D eigenvalue weighted by Gasteiger charge is 2.34. The second kappa shape index (κ2) is 7.71. The summed E-state index contributed by atoms with van der Waals surface area (Å²) in [5, 5.41) is 16.4. The summed E-state index contributed by atoms with van der Waals surface area (Å²) in [6.45, 7) is 0.603. The molecule has 28 heavy (non-hydrogen) atoms. The van der Waals surface area contributed by atoms with E-state index in [-0.39, 0.29) is 12.1 Å². The first kappa shape index (κ1) is 18.0. The summed E-state index contributed by atoms with van der Waals surface area (Å²) >= 11 is 5.91. The predicted octanol–water partition coefficient (Wildman–Crippen LogP) is 4.63. The number of nitrogens with one attached hydrogen (secondary N) is 1. The SMILES string of the molecule is N#Cc1ccc(NC(=O)N2CCC[C@@H]2c2nc(-c3ccc(Cl)cc3)no2)cc1. The van der Waals surface area contributed by atoms with Gasteiger partial charge < -0.3 is 14.7 Å². The predicted molar refractivity (Wildman–Crippen MR) is 104 cm³/mol. The van der Waals surface area contributed by atoms with Gasteiger partial charge in [0.05, 0.1) is 11.6 Å². The highest BCUT2D eigenvalue weighted by molar-refractivity contribution is 6.30. The van der Waals surface area contributed by atoms with Gasteiger partial charge in [0.2, 0.25) is 11.7 Å². The molecular formula is C20H16ClN5O2. The summed E-state index contributed by atoms with van der Waals surface area (Å²) in [5.41, 5.74) is 1.96. The Labute approximate surface area is 166 Å². The van der Waals surface area contributed by atoms with E-state index in [4.69, 9.17) is 21.4 Å². The number of anilines is 1. The van der Waals surface area contributed by atoms with Gasteiger partial charge >= 0.3 is 6.03 Å². The molecule has 2 amide bonds. The Hall–Kier alpha value is -3.37. The standard InChI is InChI=1S/C20H16ClN5O2/c21-15-7-5-14(6-8-15)18-24-19(28-25-18)17-2-1-11-26(17)20(27)23-16-9-3-13(12-22)4-10-16/h3-10,17H,1-2,11H2,(H,23,27)/t17-/m1/s1. The lowest BCUT2D eigenvalue weighted by Crippen LogP contribution is -2.34. The summed E-state index contributed by atoms with van der Waals surface area (Å²) in [6, 6.07) is 15.4. The van der Waals surface area contributed by atoms with E-state index < -0.39 is 0 Å². The molecule has 1 saturated heterocycles. The summed E-state index contributed by atoms with van der Waals surface area (Å²) in [6.07, 6.45) is 1.60. The monoisotopic (exact) mass is 393 g/mol. The second-order valence-corrected chi connectivity index (χ2v) is 6.87. The largest absolute Gasteiger partial charge is 0.337 e. The van der Waals surface area contributed by atoms with Crippen molar-refractivity contribution in [3.05, 3.63) is 65.0 Å². The van der Waals surface area contributed by atoms with Crippen LogP contribution in [0.15, 0.2) is 53.1 Å². The van der Waals surface area contributed by atoms with Crippen LogP contribution in [0.25, 0.3) is 11.4 Å². The molecule has 0 aliphatic carbocycles. The van der Waals surface area contributed by atoms with Gasteiger partial charge in [-0.3, -0.25) is 0 Å². The Balaban J connectivity index is 1.49. The van der Waals surface area contributed by atoms with E-state index in [0.29, 0.717) is 34.5 Å². The quantitative estimate of drug-likeness (QED) is 0.699. The number of aromatic nitrogens is 2. The van der Waals surface area contributed by atoms with Crippen LogP contribution in [0.1, 0.15) is 30.3 Å². The van der Waals surface area contributed by atoms with Gasteiger partial charge in [0.1, 0.15) is 6.04 Å². The van der Waals surface area contributed by atoms with Crippen molar-refractivity contribution < 1.29 is 9.32 Å². The molecule has 3 aromatic rings. The van der Waals surface area contributed by atoms with Crippen LogP contribution in [-0.4, -0.2) is 27.6 Å². The fourth-order valence-electron chi connectivity index (χ4n) is 3.18. The molecule has 0 radical (unpaired) electrons. The number of carbonyl (C=O) groups is 1. The van der Waals surface area contributed by atoms with Crippen molar-refractivity contribution in [3.8, 4) is 17.5 Å². The number of urea groups is 1. The Morgan fingerprint density at radius 3 is 2.68 bits per heavy atom. The second-order valence-electron chi connectivity index (χ2n) is 6.43. The molecule has 0 unspecified atom stereocenters. The first-order chi connectivity index (χ1) is 13.6. The molecule has 140 valence electrons. The van der Waals surface area contributed by atoms with Crippen LogP contribution in [0.4, 0.5) is 10.5 Å². The zero-order valence-electron chi connectivity index (χ0n) is 14.8. The minimum atomic E-state index is -0.271. The van der Waals surface area contributed by atoms with E-state index in [2.05, 4.69) is 21.5 Å². The van der Waals surface area contributed by atoms with Gasteiger partial charge in [-0.15, -0.1) is 0 Å². The molecule has 0 bridgehead atoms. The molecular weight excluding hydrogens is 378 g/mol. The van der Waals surface area contributed by atoms with Gasteiger partial charge in [-0.05, 0) is 61.4 Å². The average molecular weight is 394 g/mol. The highest BCUT2D eigenvalue weighted by Crippen LogP contribution is 2.32. The van der Waals surface area contributed by atoms with Crippen molar-refractivity contribution in [2.45, 2.75) is 18.9 Å². The van der Waals surface area contributed by atoms with Crippen molar-refractivity contribution in [1.29, 1.82) is 5.26 Å². The zero-order valence-corrected chi connectivity index (χ0v) is 15.6. The van der Waals surface area contributed by atoms with E-state index in [1.165, 1.54) is 0 Å². The molecule has 1 N–H and O–H groups in total. The number of amides is 2. The van der Waals surface area contributed by atoms with Crippen LogP contribution in [0.3, 0.4) is 0 Å². The third-order valence-corrected chi connectivity index (χ3v) is 4.86. The van der Waals surface area contributed by atoms with Gasteiger partial charge in [-0.2, -0.15) is 10.2 Å². The fraction of sp³-hybridized carbons (Fsp3) is 0.200. The number of nitriles is 1. The summed E-state index contributed by atoms with van der Waals surface area (Å²) in [7, 11) is 0. The van der Waals surface area contributed by atoms with Gasteiger partial charge in [0, 0.05) is 22.8 Å². The van der Waals surface area contributed by atoms with Gasteiger partial charge in [0.25, 0.3) is 0 Å². The fourth-order valence-corrected chi connectivity index (χ4v) is 3.30. The van der Waals surface area contributed by atoms with E-state index in [9.17, 15) is 4.79 Å². The maximum atomic E-state index is 12.7. The van der Waals surface area contributed by atoms with Crippen molar-refractivity contribution >= 4 is 23.3 Å². The first-order valence-electron chi connectivity index (χ1n) is 8.81. The van der Waals surface area contributed by atoms with Gasteiger partial charge in [-0.1, -0.05) is 16.8 Å². The summed E-state index contributed by atoms with van der Waals surface area (Å²) in [4.78, 5) is 18.9. The minimum Gasteiger partial charge on any atom is -0.337 e. The van der Waals surface area contributed by atoms with Crippen LogP contribution in [-0.2, 0) is 0 Å². The van der Waals surface area contributed by atoms with E-state index in [0.717, 1.165) is 18.4 Å². The van der Waals surface area contributed by atoms with E-state index in [1.54, 1.807) is 41.3 Å². The third-order valence-electron chi connectivity index (χ3n) is 4.61. The zero-order chi connectivity index (χ0) is 19.5. The number of hydrogen-bond donors (Lipinski definition) is 1. The Bertz CT molecular complexity index is 1020. The topological polar surface area (TPSA) is 95.1 Å². The van der Waals surface area contributed by atoms with Crippen molar-refractivity contribution in [1.82, 2.24) is 15.0 Å². The number of likely N-dealkylation sites (tertiary alicyclic amines) is 1. The molecule has 0 spiro atoms. The number of rotatable bonds is 3. The lowest BCUT2D eigenvalue weighted by molar-refractivity contribution is 0.193. The van der Waals surface area contributed by atoms with Crippen LogP contribution >= 0.6 is 11.6 Å². The van der Waals surface area contributed by atoms with Gasteiger partial charge in [-0.25, -0.2) is 4.79 Å². The minimum absolute atomic E-state index is 0.238. The number of carbonyl (C=O) groups excluding carboxylic acids is 1. The molecule has 1 aliphatic heterocycles. The molecule has 1 atom stereocenters. The van der Waals surface area contributed by atoms with Crippen molar-refractivity contribution in [3.63, 3.8) is 0 Å². The molecule has 4 rings (SSSR count). The first-order valence-corrected chi connectivity index (χ1v) is 9.19. The maximum absolute atomic E-state index is 12.7. The number of halogens is 1. The smallest absolute Gasteiger partial charge is 0.322 e. The van der Waals surface area contributed by atoms with E-state index in [1.807, 2.05) is 12.1 Å². The number of benzene rings is 2. The Morgan fingerprint density at radius 1 is 1.21 bits per heavy atom. The molecule has 2 aromatic carbocycles.